The molecule has 110 valence electrons. The van der Waals surface area contributed by atoms with Gasteiger partial charge >= 0.3 is 35.7 Å². The Bertz CT molecular complexity index is 519. The Morgan fingerprint density at radius 3 is 2.15 bits per heavy atom. The number of hydrogen-bond donors (Lipinski definition) is 0. The second-order valence-corrected chi connectivity index (χ2v) is 5.43. The topological polar surface area (TPSA) is 52.6 Å². The fraction of sp³-hybridized carbons (Fsp3) is 0.455. The van der Waals surface area contributed by atoms with Gasteiger partial charge in [-0.25, -0.2) is 0 Å². The molecule has 1 rings (SSSR count). The van der Waals surface area contributed by atoms with E-state index in [1.807, 2.05) is 0 Å². The zero-order valence-corrected chi connectivity index (χ0v) is 14.1. The maximum Gasteiger partial charge on any atom is 1.00 e. The third-order valence-electron chi connectivity index (χ3n) is 2.33. The molecule has 4 nitrogen and oxygen atoms in total. The van der Waals surface area contributed by atoms with Gasteiger partial charge in [0.2, 0.25) is 0 Å². The van der Waals surface area contributed by atoms with E-state index in [9.17, 15) is 21.6 Å². The van der Waals surface area contributed by atoms with Crippen molar-refractivity contribution in [2.24, 2.45) is 0 Å². The second kappa shape index (κ2) is 7.77. The minimum atomic E-state index is -4.68. The Morgan fingerprint density at radius 1 is 1.25 bits per heavy atom. The van der Waals surface area contributed by atoms with Crippen molar-refractivity contribution in [3.05, 3.63) is 29.8 Å². The molecule has 20 heavy (non-hydrogen) atoms. The fourth-order valence-electron chi connectivity index (χ4n) is 1.22. The van der Waals surface area contributed by atoms with E-state index in [2.05, 4.69) is 8.92 Å². The number of methoxy groups -OCH3 is 1. The molecule has 0 spiro atoms. The van der Waals surface area contributed by atoms with Crippen LogP contribution in [0.1, 0.15) is 6.99 Å². The van der Waals surface area contributed by atoms with E-state index in [-0.39, 0.29) is 35.9 Å². The fourth-order valence-corrected chi connectivity index (χ4v) is 2.13. The third-order valence-corrected chi connectivity index (χ3v) is 3.63. The van der Waals surface area contributed by atoms with Crippen molar-refractivity contribution in [1.82, 2.24) is 0 Å². The van der Waals surface area contributed by atoms with Crippen LogP contribution in [0, 0.1) is 6.92 Å². The van der Waals surface area contributed by atoms with Gasteiger partial charge in [-0.3, -0.25) is 4.18 Å². The van der Waals surface area contributed by atoms with Crippen LogP contribution in [0.5, 0.6) is 0 Å². The molecule has 0 saturated heterocycles. The third kappa shape index (κ3) is 5.71. The van der Waals surface area contributed by atoms with Crippen LogP contribution < -0.4 is 29.6 Å². The van der Waals surface area contributed by atoms with Gasteiger partial charge in [-0.05, 0) is 19.1 Å². The zero-order chi connectivity index (χ0) is 14.7. The molecule has 0 aliphatic carbocycles. The summed E-state index contributed by atoms with van der Waals surface area (Å²) >= 11 is 0. The van der Waals surface area contributed by atoms with E-state index >= 15 is 0 Å². The summed E-state index contributed by atoms with van der Waals surface area (Å²) in [6.45, 7) is 0.637. The predicted octanol–water partition coefficient (Wildman–Crippen LogP) is -0.606. The van der Waals surface area contributed by atoms with Gasteiger partial charge in [0, 0.05) is 7.11 Å². The van der Waals surface area contributed by atoms with Gasteiger partial charge in [0.25, 0.3) is 10.1 Å². The molecule has 0 aliphatic heterocycles. The standard InChI is InChI=1S/C11H13F3O4S.Na.H/c1-8-3-5-9(6-4-8)19(15,16)18-7-10(17-2)11(12,13)14;;/h3-6,10H,7H2,1-2H3;;/q;+1;-1/t10-;;/m1../s1. The Hall–Kier alpha value is -0.120. The molecule has 0 aliphatic rings. The van der Waals surface area contributed by atoms with Crippen LogP contribution in [0.15, 0.2) is 29.2 Å². The number of benzene rings is 1. The van der Waals surface area contributed by atoms with Crippen LogP contribution in [0.4, 0.5) is 13.2 Å². The summed E-state index contributed by atoms with van der Waals surface area (Å²) in [5.74, 6) is 0. The Morgan fingerprint density at radius 2 is 1.75 bits per heavy atom. The molecule has 0 saturated carbocycles. The summed E-state index contributed by atoms with van der Waals surface area (Å²) in [6.07, 6.45) is -6.97. The van der Waals surface area contributed by atoms with Crippen LogP contribution >= 0.6 is 0 Å². The average molecular weight is 322 g/mol. The summed E-state index contributed by atoms with van der Waals surface area (Å²) in [7, 11) is -3.39. The van der Waals surface area contributed by atoms with Crippen molar-refractivity contribution in [3.63, 3.8) is 0 Å². The van der Waals surface area contributed by atoms with E-state index in [0.717, 1.165) is 12.7 Å². The first kappa shape index (κ1) is 19.9. The van der Waals surface area contributed by atoms with E-state index in [0.29, 0.717) is 0 Å². The van der Waals surface area contributed by atoms with Crippen LogP contribution in [0.2, 0.25) is 0 Å². The molecule has 0 radical (unpaired) electrons. The molecule has 9 heteroatoms. The molecule has 0 amide bonds. The van der Waals surface area contributed by atoms with Crippen LogP contribution in [0.25, 0.3) is 0 Å². The molecule has 0 N–H and O–H groups in total. The van der Waals surface area contributed by atoms with Crippen molar-refractivity contribution < 1.29 is 61.5 Å². The van der Waals surface area contributed by atoms with Crippen LogP contribution in [-0.4, -0.2) is 34.4 Å². The Labute approximate surface area is 139 Å². The van der Waals surface area contributed by atoms with Gasteiger partial charge in [0.15, 0.2) is 6.10 Å². The van der Waals surface area contributed by atoms with E-state index in [4.69, 9.17) is 0 Å². The summed E-state index contributed by atoms with van der Waals surface area (Å²) in [5, 5.41) is 0. The molecule has 0 unspecified atom stereocenters. The zero-order valence-electron chi connectivity index (χ0n) is 12.3. The summed E-state index contributed by atoms with van der Waals surface area (Å²) < 4.78 is 68.9. The molecule has 1 aromatic carbocycles. The normalized spacial score (nSPS) is 13.7. The van der Waals surface area contributed by atoms with Crippen molar-refractivity contribution >= 4 is 10.1 Å². The molecule has 1 atom stereocenters. The summed E-state index contributed by atoms with van der Waals surface area (Å²) in [5.41, 5.74) is 0.823. The Kier molecular flexibility index (Phi) is 7.72. The molecular weight excluding hydrogens is 308 g/mol. The monoisotopic (exact) mass is 322 g/mol. The molecule has 0 heterocycles. The Balaban J connectivity index is 0. The first-order valence-electron chi connectivity index (χ1n) is 5.22. The molecule has 0 aromatic heterocycles. The molecular formula is C11H14F3NaO4S. The number of ether oxygens (including phenoxy) is 1. The quantitative estimate of drug-likeness (QED) is 0.536. The minimum absolute atomic E-state index is 0. The number of rotatable bonds is 5. The van der Waals surface area contributed by atoms with Gasteiger partial charge in [-0.2, -0.15) is 21.6 Å². The first-order chi connectivity index (χ1) is 8.66. The van der Waals surface area contributed by atoms with E-state index in [1.165, 1.54) is 24.3 Å². The number of alkyl halides is 3. The maximum absolute atomic E-state index is 12.4. The number of aryl methyl sites for hydroxylation is 1. The van der Waals surface area contributed by atoms with Crippen molar-refractivity contribution in [3.8, 4) is 0 Å². The van der Waals surface area contributed by atoms with Gasteiger partial charge in [0.05, 0.1) is 4.90 Å². The molecule has 1 aromatic rings. The van der Waals surface area contributed by atoms with E-state index in [1.54, 1.807) is 6.92 Å². The van der Waals surface area contributed by atoms with E-state index < -0.39 is 29.0 Å². The van der Waals surface area contributed by atoms with Crippen molar-refractivity contribution in [1.29, 1.82) is 0 Å². The molecule has 0 bridgehead atoms. The van der Waals surface area contributed by atoms with Crippen LogP contribution in [-0.2, 0) is 19.0 Å². The smallest absolute Gasteiger partial charge is 1.00 e. The second-order valence-electron chi connectivity index (χ2n) is 3.82. The predicted molar refractivity (Wildman–Crippen MR) is 62.3 cm³/mol. The van der Waals surface area contributed by atoms with Gasteiger partial charge in [-0.15, -0.1) is 0 Å². The van der Waals surface area contributed by atoms with Crippen LogP contribution in [0.3, 0.4) is 0 Å². The maximum atomic E-state index is 12.4. The van der Waals surface area contributed by atoms with Gasteiger partial charge in [0.1, 0.15) is 6.61 Å². The minimum Gasteiger partial charge on any atom is -1.00 e. The van der Waals surface area contributed by atoms with Gasteiger partial charge in [-0.1, -0.05) is 17.7 Å². The first-order valence-corrected chi connectivity index (χ1v) is 6.63. The summed E-state index contributed by atoms with van der Waals surface area (Å²) in [4.78, 5) is -0.199. The summed E-state index contributed by atoms with van der Waals surface area (Å²) in [6, 6.07) is 5.57. The largest absolute Gasteiger partial charge is 1.00 e. The van der Waals surface area contributed by atoms with Crippen molar-refractivity contribution in [2.75, 3.05) is 13.7 Å². The van der Waals surface area contributed by atoms with Crippen molar-refractivity contribution in [2.45, 2.75) is 24.1 Å². The SMILES string of the molecule is CO[C@H](COS(=O)(=O)c1ccc(C)cc1)C(F)(F)F.[H-].[Na+]. The number of hydrogen-bond acceptors (Lipinski definition) is 4. The average Bonchev–Trinajstić information content (AvgIpc) is 2.28. The number of halogens is 3. The molecule has 0 fully saturated rings. The van der Waals surface area contributed by atoms with Gasteiger partial charge < -0.3 is 6.16 Å².